The van der Waals surface area contributed by atoms with Crippen LogP contribution in [0.1, 0.15) is 15.9 Å². The van der Waals surface area contributed by atoms with Gasteiger partial charge in [0.2, 0.25) is 0 Å². The molecular formula is C16H15N5O2. The van der Waals surface area contributed by atoms with Crippen LogP contribution in [-0.2, 0) is 11.3 Å². The van der Waals surface area contributed by atoms with Crippen molar-refractivity contribution < 1.29 is 9.53 Å². The van der Waals surface area contributed by atoms with Gasteiger partial charge in [0, 0.05) is 18.4 Å². The predicted octanol–water partition coefficient (Wildman–Crippen LogP) is 2.06. The molecule has 0 unspecified atom stereocenters. The summed E-state index contributed by atoms with van der Waals surface area (Å²) in [6.45, 7) is 0.499. The lowest BCUT2D eigenvalue weighted by Gasteiger charge is -2.08. The van der Waals surface area contributed by atoms with E-state index in [2.05, 4.69) is 20.8 Å². The Morgan fingerprint density at radius 3 is 2.87 bits per heavy atom. The predicted molar refractivity (Wildman–Crippen MR) is 84.3 cm³/mol. The summed E-state index contributed by atoms with van der Waals surface area (Å²) in [5.41, 5.74) is 2.95. The third-order valence-corrected chi connectivity index (χ3v) is 3.22. The highest BCUT2D eigenvalue weighted by Gasteiger charge is 2.08. The van der Waals surface area contributed by atoms with Gasteiger partial charge in [-0.05, 0) is 46.3 Å². The van der Waals surface area contributed by atoms with Gasteiger partial charge in [0.25, 0.3) is 5.91 Å². The molecular weight excluding hydrogens is 294 g/mol. The van der Waals surface area contributed by atoms with E-state index < -0.39 is 0 Å². The number of nitrogens with zero attached hydrogens (tertiary/aromatic N) is 4. The quantitative estimate of drug-likeness (QED) is 0.780. The SMILES string of the molecule is COCc1cccc(NC(=O)c2cccc(-n3cnnn3)c2)c1. The molecule has 116 valence electrons. The van der Waals surface area contributed by atoms with Gasteiger partial charge in [-0.3, -0.25) is 4.79 Å². The molecule has 2 aromatic carbocycles. The van der Waals surface area contributed by atoms with Gasteiger partial charge in [-0.2, -0.15) is 0 Å². The monoisotopic (exact) mass is 309 g/mol. The standard InChI is InChI=1S/C16H15N5O2/c1-23-10-12-4-2-6-14(8-12)18-16(22)13-5-3-7-15(9-13)21-11-17-19-20-21/h2-9,11H,10H2,1H3,(H,18,22). The molecule has 0 atom stereocenters. The zero-order chi connectivity index (χ0) is 16.1. The number of ether oxygens (including phenoxy) is 1. The molecule has 0 saturated heterocycles. The van der Waals surface area contributed by atoms with Gasteiger partial charge in [-0.25, -0.2) is 4.68 Å². The van der Waals surface area contributed by atoms with Gasteiger partial charge in [-0.15, -0.1) is 5.10 Å². The molecule has 7 nitrogen and oxygen atoms in total. The molecule has 0 aliphatic heterocycles. The molecule has 0 radical (unpaired) electrons. The van der Waals surface area contributed by atoms with Crippen LogP contribution in [0.15, 0.2) is 54.9 Å². The minimum absolute atomic E-state index is 0.200. The minimum Gasteiger partial charge on any atom is -0.380 e. The number of hydrogen-bond acceptors (Lipinski definition) is 5. The maximum atomic E-state index is 12.4. The van der Waals surface area contributed by atoms with Crippen molar-refractivity contribution in [3.63, 3.8) is 0 Å². The molecule has 0 fully saturated rings. The zero-order valence-electron chi connectivity index (χ0n) is 12.5. The maximum absolute atomic E-state index is 12.4. The van der Waals surface area contributed by atoms with Crippen LogP contribution >= 0.6 is 0 Å². The highest BCUT2D eigenvalue weighted by Crippen LogP contribution is 2.14. The number of amides is 1. The van der Waals surface area contributed by atoms with E-state index in [-0.39, 0.29) is 5.91 Å². The first-order valence-corrected chi connectivity index (χ1v) is 6.99. The summed E-state index contributed by atoms with van der Waals surface area (Å²) in [4.78, 5) is 12.4. The lowest BCUT2D eigenvalue weighted by molar-refractivity contribution is 0.102. The summed E-state index contributed by atoms with van der Waals surface area (Å²) >= 11 is 0. The van der Waals surface area contributed by atoms with Crippen molar-refractivity contribution in [1.82, 2.24) is 20.2 Å². The molecule has 0 aliphatic carbocycles. The van der Waals surface area contributed by atoms with Crippen molar-refractivity contribution in [3.05, 3.63) is 66.0 Å². The molecule has 3 rings (SSSR count). The van der Waals surface area contributed by atoms with Crippen molar-refractivity contribution in [2.45, 2.75) is 6.61 Å². The van der Waals surface area contributed by atoms with Gasteiger partial charge < -0.3 is 10.1 Å². The highest BCUT2D eigenvalue weighted by molar-refractivity contribution is 6.04. The summed E-state index contributed by atoms with van der Waals surface area (Å²) in [6, 6.07) is 14.6. The number of carbonyl (C=O) groups is 1. The van der Waals surface area contributed by atoms with Crippen molar-refractivity contribution in [1.29, 1.82) is 0 Å². The number of hydrogen-bond donors (Lipinski definition) is 1. The molecule has 23 heavy (non-hydrogen) atoms. The molecule has 1 N–H and O–H groups in total. The second-order valence-electron chi connectivity index (χ2n) is 4.89. The van der Waals surface area contributed by atoms with Crippen LogP contribution in [0.3, 0.4) is 0 Å². The second-order valence-corrected chi connectivity index (χ2v) is 4.89. The van der Waals surface area contributed by atoms with Crippen LogP contribution in [0.25, 0.3) is 5.69 Å². The Hall–Kier alpha value is -3.06. The summed E-state index contributed by atoms with van der Waals surface area (Å²) in [6.07, 6.45) is 1.48. The Kier molecular flexibility index (Phi) is 4.39. The van der Waals surface area contributed by atoms with E-state index in [4.69, 9.17) is 4.74 Å². The fraction of sp³-hybridized carbons (Fsp3) is 0.125. The number of aromatic nitrogens is 4. The molecule has 1 aromatic heterocycles. The van der Waals surface area contributed by atoms with Crippen LogP contribution in [0.4, 0.5) is 5.69 Å². The topological polar surface area (TPSA) is 81.9 Å². The first kappa shape index (κ1) is 14.9. The Labute approximate surface area is 132 Å². The van der Waals surface area contributed by atoms with Crippen molar-refractivity contribution >= 4 is 11.6 Å². The molecule has 0 aliphatic rings. The van der Waals surface area contributed by atoms with E-state index in [1.807, 2.05) is 30.3 Å². The van der Waals surface area contributed by atoms with Crippen LogP contribution in [0.2, 0.25) is 0 Å². The van der Waals surface area contributed by atoms with Crippen LogP contribution in [-0.4, -0.2) is 33.2 Å². The number of nitrogens with one attached hydrogen (secondary N) is 1. The van der Waals surface area contributed by atoms with E-state index >= 15 is 0 Å². The molecule has 0 bridgehead atoms. The average Bonchev–Trinajstić information content (AvgIpc) is 3.10. The van der Waals surface area contributed by atoms with Gasteiger partial charge in [-0.1, -0.05) is 18.2 Å². The fourth-order valence-electron chi connectivity index (χ4n) is 2.18. The van der Waals surface area contributed by atoms with Crippen molar-refractivity contribution in [2.75, 3.05) is 12.4 Å². The smallest absolute Gasteiger partial charge is 0.255 e. The Bertz CT molecular complexity index is 802. The Balaban J connectivity index is 1.78. The molecule has 0 spiro atoms. The molecule has 1 amide bonds. The third-order valence-electron chi connectivity index (χ3n) is 3.22. The van der Waals surface area contributed by atoms with Gasteiger partial charge in [0.1, 0.15) is 6.33 Å². The summed E-state index contributed by atoms with van der Waals surface area (Å²) in [5.74, 6) is -0.200. The fourth-order valence-corrected chi connectivity index (χ4v) is 2.18. The van der Waals surface area contributed by atoms with Crippen molar-refractivity contribution in [3.8, 4) is 5.69 Å². The molecule has 7 heteroatoms. The molecule has 3 aromatic rings. The lowest BCUT2D eigenvalue weighted by Crippen LogP contribution is -2.12. The third kappa shape index (κ3) is 3.58. The second kappa shape index (κ2) is 6.80. The lowest BCUT2D eigenvalue weighted by atomic mass is 10.1. The zero-order valence-corrected chi connectivity index (χ0v) is 12.5. The van der Waals surface area contributed by atoms with Crippen LogP contribution in [0, 0.1) is 0 Å². The molecule has 0 saturated carbocycles. The number of methoxy groups -OCH3 is 1. The summed E-state index contributed by atoms with van der Waals surface area (Å²) < 4.78 is 6.59. The summed E-state index contributed by atoms with van der Waals surface area (Å²) in [5, 5.41) is 13.9. The minimum atomic E-state index is -0.200. The van der Waals surface area contributed by atoms with Gasteiger partial charge in [0.05, 0.1) is 12.3 Å². The first-order valence-electron chi connectivity index (χ1n) is 6.99. The molecule has 1 heterocycles. The Morgan fingerprint density at radius 1 is 1.22 bits per heavy atom. The highest BCUT2D eigenvalue weighted by atomic mass is 16.5. The van der Waals surface area contributed by atoms with Gasteiger partial charge in [0.15, 0.2) is 0 Å². The first-order chi connectivity index (χ1) is 11.3. The Morgan fingerprint density at radius 2 is 2.09 bits per heavy atom. The largest absolute Gasteiger partial charge is 0.380 e. The van der Waals surface area contributed by atoms with Crippen LogP contribution < -0.4 is 5.32 Å². The number of benzene rings is 2. The number of anilines is 1. The van der Waals surface area contributed by atoms with Gasteiger partial charge >= 0.3 is 0 Å². The summed E-state index contributed by atoms with van der Waals surface area (Å²) in [7, 11) is 1.63. The number of tetrazole rings is 1. The maximum Gasteiger partial charge on any atom is 0.255 e. The number of carbonyl (C=O) groups excluding carboxylic acids is 1. The van der Waals surface area contributed by atoms with Crippen LogP contribution in [0.5, 0.6) is 0 Å². The van der Waals surface area contributed by atoms with Crippen molar-refractivity contribution in [2.24, 2.45) is 0 Å². The average molecular weight is 309 g/mol. The number of rotatable bonds is 5. The van der Waals surface area contributed by atoms with E-state index in [0.29, 0.717) is 12.2 Å². The van der Waals surface area contributed by atoms with E-state index in [1.165, 1.54) is 11.0 Å². The van der Waals surface area contributed by atoms with E-state index in [0.717, 1.165) is 16.9 Å². The van der Waals surface area contributed by atoms with E-state index in [1.54, 1.807) is 25.3 Å². The normalized spacial score (nSPS) is 10.5. The van der Waals surface area contributed by atoms with E-state index in [9.17, 15) is 4.79 Å².